The van der Waals surface area contributed by atoms with Gasteiger partial charge < -0.3 is 9.64 Å². The highest BCUT2D eigenvalue weighted by atomic mass is 35.5. The maximum absolute atomic E-state index is 8.90. The van der Waals surface area contributed by atoms with Crippen LogP contribution in [0.25, 0.3) is 0 Å². The van der Waals surface area contributed by atoms with E-state index < -0.39 is 0 Å². The Labute approximate surface area is 123 Å². The van der Waals surface area contributed by atoms with Gasteiger partial charge in [0, 0.05) is 12.1 Å². The van der Waals surface area contributed by atoms with Crippen LogP contribution in [-0.4, -0.2) is 13.2 Å². The van der Waals surface area contributed by atoms with Crippen LogP contribution < -0.4 is 9.64 Å². The van der Waals surface area contributed by atoms with Crippen molar-refractivity contribution < 1.29 is 4.74 Å². The van der Waals surface area contributed by atoms with Crippen LogP contribution in [0.3, 0.4) is 0 Å². The number of halogens is 1. The minimum atomic E-state index is 0.574. The number of ether oxygens (including phenoxy) is 1. The Morgan fingerprint density at radius 3 is 2.85 bits per heavy atom. The Morgan fingerprint density at radius 1 is 1.20 bits per heavy atom. The molecule has 100 valence electrons. The van der Waals surface area contributed by atoms with Gasteiger partial charge in [0.1, 0.15) is 12.4 Å². The molecule has 0 N–H and O–H groups in total. The van der Waals surface area contributed by atoms with Gasteiger partial charge in [-0.05, 0) is 24.3 Å². The maximum Gasteiger partial charge on any atom is 0.124 e. The largest absolute Gasteiger partial charge is 0.491 e. The van der Waals surface area contributed by atoms with E-state index in [0.29, 0.717) is 17.2 Å². The molecule has 1 aliphatic rings. The topological polar surface area (TPSA) is 36.3 Å². The van der Waals surface area contributed by atoms with E-state index in [1.165, 1.54) is 0 Å². The monoisotopic (exact) mass is 284 g/mol. The van der Waals surface area contributed by atoms with Crippen LogP contribution in [0, 0.1) is 11.3 Å². The summed E-state index contributed by atoms with van der Waals surface area (Å²) in [4.78, 5) is 2.18. The van der Waals surface area contributed by atoms with Gasteiger partial charge in [-0.25, -0.2) is 0 Å². The van der Waals surface area contributed by atoms with Gasteiger partial charge in [-0.1, -0.05) is 29.8 Å². The molecule has 0 saturated heterocycles. The molecule has 0 fully saturated rings. The molecule has 0 spiro atoms. The van der Waals surface area contributed by atoms with Crippen molar-refractivity contribution in [1.82, 2.24) is 0 Å². The van der Waals surface area contributed by atoms with Crippen molar-refractivity contribution >= 4 is 17.3 Å². The number of benzene rings is 2. The molecule has 0 amide bonds. The minimum absolute atomic E-state index is 0.574. The van der Waals surface area contributed by atoms with Crippen molar-refractivity contribution in [3.8, 4) is 11.8 Å². The van der Waals surface area contributed by atoms with Crippen LogP contribution in [0.4, 0.5) is 5.69 Å². The van der Waals surface area contributed by atoms with Gasteiger partial charge in [0.05, 0.1) is 28.9 Å². The number of hydrogen-bond donors (Lipinski definition) is 0. The zero-order valence-corrected chi connectivity index (χ0v) is 11.6. The second-order valence-corrected chi connectivity index (χ2v) is 5.06. The Morgan fingerprint density at radius 2 is 2.05 bits per heavy atom. The number of nitriles is 1. The van der Waals surface area contributed by atoms with Gasteiger partial charge in [0.2, 0.25) is 0 Å². The molecule has 0 aliphatic carbocycles. The molecule has 2 aromatic carbocycles. The molecule has 2 aromatic rings. The van der Waals surface area contributed by atoms with Gasteiger partial charge in [-0.2, -0.15) is 5.26 Å². The zero-order chi connectivity index (χ0) is 13.9. The molecule has 1 heterocycles. The summed E-state index contributed by atoms with van der Waals surface area (Å²) < 4.78 is 5.75. The second kappa shape index (κ2) is 5.44. The molecular formula is C16H13ClN2O. The lowest BCUT2D eigenvalue weighted by Gasteiger charge is -2.23. The first kappa shape index (κ1) is 12.8. The number of hydrogen-bond acceptors (Lipinski definition) is 3. The van der Waals surface area contributed by atoms with Gasteiger partial charge >= 0.3 is 0 Å². The second-order valence-electron chi connectivity index (χ2n) is 4.66. The van der Waals surface area contributed by atoms with E-state index in [-0.39, 0.29) is 0 Å². The molecule has 0 aromatic heterocycles. The normalized spacial score (nSPS) is 13.9. The molecule has 20 heavy (non-hydrogen) atoms. The van der Waals surface area contributed by atoms with Crippen molar-refractivity contribution in [2.75, 3.05) is 18.1 Å². The minimum Gasteiger partial charge on any atom is -0.491 e. The molecule has 4 heteroatoms. The lowest BCUT2D eigenvalue weighted by molar-refractivity contribution is 0.331. The molecule has 0 saturated carbocycles. The van der Waals surface area contributed by atoms with Crippen LogP contribution in [0.2, 0.25) is 5.02 Å². The smallest absolute Gasteiger partial charge is 0.124 e. The lowest BCUT2D eigenvalue weighted by Crippen LogP contribution is -2.25. The maximum atomic E-state index is 8.90. The fraction of sp³-hybridized carbons (Fsp3) is 0.188. The van der Waals surface area contributed by atoms with Gasteiger partial charge in [-0.15, -0.1) is 0 Å². The van der Waals surface area contributed by atoms with Crippen LogP contribution in [0.1, 0.15) is 11.1 Å². The van der Waals surface area contributed by atoms with Crippen LogP contribution in [-0.2, 0) is 6.54 Å². The highest BCUT2D eigenvalue weighted by Gasteiger charge is 2.17. The summed E-state index contributed by atoms with van der Waals surface area (Å²) >= 11 is 6.29. The van der Waals surface area contributed by atoms with E-state index in [1.54, 1.807) is 12.1 Å². The summed E-state index contributed by atoms with van der Waals surface area (Å²) in [5.74, 6) is 0.930. The zero-order valence-electron chi connectivity index (χ0n) is 10.8. The van der Waals surface area contributed by atoms with Gasteiger partial charge in [0.15, 0.2) is 0 Å². The Bertz CT molecular complexity index is 678. The molecule has 3 rings (SSSR count). The third kappa shape index (κ3) is 2.43. The molecule has 3 nitrogen and oxygen atoms in total. The Hall–Kier alpha value is -2.18. The number of para-hydroxylation sites is 1. The molecule has 0 unspecified atom stereocenters. The van der Waals surface area contributed by atoms with Crippen molar-refractivity contribution in [2.24, 2.45) is 0 Å². The first-order valence-corrected chi connectivity index (χ1v) is 6.81. The van der Waals surface area contributed by atoms with Crippen molar-refractivity contribution in [2.45, 2.75) is 6.54 Å². The average molecular weight is 285 g/mol. The third-order valence-corrected chi connectivity index (χ3v) is 3.67. The molecular weight excluding hydrogens is 272 g/mol. The molecule has 0 atom stereocenters. The fourth-order valence-corrected chi connectivity index (χ4v) is 2.66. The van der Waals surface area contributed by atoms with Gasteiger partial charge in [-0.3, -0.25) is 0 Å². The van der Waals surface area contributed by atoms with Crippen LogP contribution in [0.5, 0.6) is 5.75 Å². The van der Waals surface area contributed by atoms with Crippen LogP contribution >= 0.6 is 11.6 Å². The highest BCUT2D eigenvalue weighted by Crippen LogP contribution is 2.31. The molecule has 0 radical (unpaired) electrons. The Kier molecular flexibility index (Phi) is 3.49. The number of rotatable bonds is 1. The van der Waals surface area contributed by atoms with Crippen molar-refractivity contribution in [1.29, 1.82) is 5.26 Å². The summed E-state index contributed by atoms with van der Waals surface area (Å²) in [7, 11) is 0. The highest BCUT2D eigenvalue weighted by molar-refractivity contribution is 6.33. The SMILES string of the molecule is N#Cc1ccc(N2CCOc3ccccc3C2)c(Cl)c1. The van der Waals surface area contributed by atoms with Crippen LogP contribution in [0.15, 0.2) is 42.5 Å². The van der Waals surface area contributed by atoms with E-state index in [2.05, 4.69) is 17.0 Å². The number of nitrogens with zero attached hydrogens (tertiary/aromatic N) is 2. The Balaban J connectivity index is 1.94. The standard InChI is InChI=1S/C16H13ClN2O/c17-14-9-12(10-18)5-6-15(14)19-7-8-20-16-4-2-1-3-13(16)11-19/h1-6,9H,7-8,11H2. The summed E-state index contributed by atoms with van der Waals surface area (Å²) in [6.45, 7) is 2.13. The van der Waals surface area contributed by atoms with E-state index >= 15 is 0 Å². The number of fused-ring (bicyclic) bond motifs is 1. The molecule has 1 aliphatic heterocycles. The van der Waals surface area contributed by atoms with E-state index in [9.17, 15) is 0 Å². The summed E-state index contributed by atoms with van der Waals surface area (Å²) in [5, 5.41) is 9.50. The van der Waals surface area contributed by atoms with E-state index in [0.717, 1.165) is 30.1 Å². The van der Waals surface area contributed by atoms with Gasteiger partial charge in [0.25, 0.3) is 0 Å². The quantitative estimate of drug-likeness (QED) is 0.802. The lowest BCUT2D eigenvalue weighted by atomic mass is 10.1. The number of anilines is 1. The van der Waals surface area contributed by atoms with Crippen molar-refractivity contribution in [3.63, 3.8) is 0 Å². The summed E-state index contributed by atoms with van der Waals surface area (Å²) in [6.07, 6.45) is 0. The first-order valence-electron chi connectivity index (χ1n) is 6.43. The van der Waals surface area contributed by atoms with E-state index in [4.69, 9.17) is 21.6 Å². The predicted molar refractivity (Wildman–Crippen MR) is 79.2 cm³/mol. The summed E-state index contributed by atoms with van der Waals surface area (Å²) in [6, 6.07) is 15.5. The first-order chi connectivity index (χ1) is 9.78. The average Bonchev–Trinajstić information content (AvgIpc) is 2.69. The third-order valence-electron chi connectivity index (χ3n) is 3.37. The van der Waals surface area contributed by atoms with Crippen molar-refractivity contribution in [3.05, 3.63) is 58.6 Å². The fourth-order valence-electron chi connectivity index (χ4n) is 2.36. The molecule has 0 bridgehead atoms. The summed E-state index contributed by atoms with van der Waals surface area (Å²) in [5.41, 5.74) is 2.65. The van der Waals surface area contributed by atoms with E-state index in [1.807, 2.05) is 24.3 Å². The predicted octanol–water partition coefficient (Wildman–Crippen LogP) is 3.61.